The minimum atomic E-state index is 0. The third-order valence-corrected chi connectivity index (χ3v) is 1.83. The van der Waals surface area contributed by atoms with E-state index in [0.29, 0.717) is 0 Å². The van der Waals surface area contributed by atoms with Gasteiger partial charge in [-0.2, -0.15) is 18.6 Å². The predicted molar refractivity (Wildman–Crippen MR) is 55.4 cm³/mol. The summed E-state index contributed by atoms with van der Waals surface area (Å²) >= 11 is 0. The number of benzene rings is 1. The molecule has 0 aliphatic heterocycles. The zero-order valence-electron chi connectivity index (χ0n) is 8.60. The summed E-state index contributed by atoms with van der Waals surface area (Å²) in [6.07, 6.45) is 0. The van der Waals surface area contributed by atoms with Crippen LogP contribution in [0.2, 0.25) is 0 Å². The molecule has 2 heteroatoms. The summed E-state index contributed by atoms with van der Waals surface area (Å²) in [4.78, 5) is 0. The summed E-state index contributed by atoms with van der Waals surface area (Å²) in [6, 6.07) is 8.29. The van der Waals surface area contributed by atoms with Crippen molar-refractivity contribution in [1.29, 1.82) is 0 Å². The van der Waals surface area contributed by atoms with Gasteiger partial charge in [0.1, 0.15) is 0 Å². The molecule has 68 valence electrons. The Bertz CT molecular complexity index is 251. The molecule has 13 heavy (non-hydrogen) atoms. The summed E-state index contributed by atoms with van der Waals surface area (Å²) in [6.45, 7) is 10.6. The van der Waals surface area contributed by atoms with E-state index in [1.54, 1.807) is 0 Å². The van der Waals surface area contributed by atoms with Gasteiger partial charge in [-0.25, -0.2) is 0 Å². The van der Waals surface area contributed by atoms with E-state index in [4.69, 9.17) is 0 Å². The van der Waals surface area contributed by atoms with Crippen molar-refractivity contribution in [1.82, 2.24) is 0 Å². The first-order valence-corrected chi connectivity index (χ1v) is 3.93. The zero-order chi connectivity index (χ0) is 8.48. The van der Waals surface area contributed by atoms with Crippen LogP contribution in [0.3, 0.4) is 0 Å². The van der Waals surface area contributed by atoms with Gasteiger partial charge in [-0.3, -0.25) is 0 Å². The van der Waals surface area contributed by atoms with E-state index >= 15 is 0 Å². The van der Waals surface area contributed by atoms with Gasteiger partial charge in [0, 0.05) is 0 Å². The van der Waals surface area contributed by atoms with Gasteiger partial charge in [0.2, 0.25) is 0 Å². The van der Waals surface area contributed by atoms with Crippen LogP contribution >= 0.6 is 0 Å². The second-order valence-corrected chi connectivity index (χ2v) is 3.91. The number of rotatable bonds is 0. The molecule has 0 atom stereocenters. The van der Waals surface area contributed by atoms with E-state index in [1.807, 2.05) is 6.07 Å². The zero-order valence-corrected chi connectivity index (χ0v) is 11.6. The molecule has 0 N–H and O–H groups in total. The Labute approximate surface area is 108 Å². The maximum atomic E-state index is 3.99. The average Bonchev–Trinajstić information content (AvgIpc) is 1.86. The molecule has 0 nitrogen and oxygen atoms in total. The summed E-state index contributed by atoms with van der Waals surface area (Å²) < 4.78 is 0. The fourth-order valence-electron chi connectivity index (χ4n) is 1.25. The molecular formula is C11H15BrMg. The molecule has 1 aromatic carbocycles. The Hall–Kier alpha value is 0.336. The Balaban J connectivity index is 0. The van der Waals surface area contributed by atoms with E-state index in [-0.39, 0.29) is 45.4 Å². The van der Waals surface area contributed by atoms with E-state index in [1.165, 1.54) is 5.56 Å². The topological polar surface area (TPSA) is 0 Å². The number of hydrogen-bond acceptors (Lipinski definition) is 0. The van der Waals surface area contributed by atoms with Crippen molar-refractivity contribution in [2.75, 3.05) is 0 Å². The monoisotopic (exact) mass is 250 g/mol. The van der Waals surface area contributed by atoms with Crippen molar-refractivity contribution in [3.05, 3.63) is 42.3 Å². The quantitative estimate of drug-likeness (QED) is 0.442. The fourth-order valence-corrected chi connectivity index (χ4v) is 1.25. The van der Waals surface area contributed by atoms with Crippen LogP contribution in [0.4, 0.5) is 0 Å². The van der Waals surface area contributed by atoms with Gasteiger partial charge in [-0.05, 0) is 0 Å². The molecule has 0 aliphatic rings. The Morgan fingerprint density at radius 3 is 1.85 bits per heavy atom. The molecule has 0 radical (unpaired) electrons. The summed E-state index contributed by atoms with van der Waals surface area (Å²) in [5.74, 6) is 0. The fraction of sp³-hybridized carbons (Fsp3) is 0.364. The predicted octanol–water partition coefficient (Wildman–Crippen LogP) is -0.211. The van der Waals surface area contributed by atoms with Crippen molar-refractivity contribution in [2.24, 2.45) is 0 Å². The van der Waals surface area contributed by atoms with Gasteiger partial charge in [-0.15, -0.1) is 17.7 Å². The van der Waals surface area contributed by atoms with Crippen LogP contribution in [-0.2, 0) is 5.41 Å². The Kier molecular flexibility index (Phi) is 7.22. The molecule has 0 spiro atoms. The minimum absolute atomic E-state index is 0. The van der Waals surface area contributed by atoms with Gasteiger partial charge in [-0.1, -0.05) is 32.3 Å². The second kappa shape index (κ2) is 5.94. The van der Waals surface area contributed by atoms with Gasteiger partial charge < -0.3 is 17.0 Å². The van der Waals surface area contributed by atoms with Crippen LogP contribution in [-0.4, -0.2) is 23.1 Å². The van der Waals surface area contributed by atoms with Crippen molar-refractivity contribution in [3.63, 3.8) is 0 Å². The average molecular weight is 251 g/mol. The second-order valence-electron chi connectivity index (χ2n) is 3.91. The van der Waals surface area contributed by atoms with Crippen LogP contribution in [0.25, 0.3) is 0 Å². The molecule has 0 saturated heterocycles. The van der Waals surface area contributed by atoms with Crippen LogP contribution in [0.1, 0.15) is 31.9 Å². The molecule has 0 aliphatic carbocycles. The van der Waals surface area contributed by atoms with E-state index < -0.39 is 0 Å². The van der Waals surface area contributed by atoms with E-state index in [2.05, 4.69) is 45.9 Å². The summed E-state index contributed by atoms with van der Waals surface area (Å²) in [7, 11) is 0. The van der Waals surface area contributed by atoms with Crippen LogP contribution < -0.4 is 17.0 Å². The van der Waals surface area contributed by atoms with Gasteiger partial charge >= 0.3 is 23.1 Å². The molecule has 0 unspecified atom stereocenters. The first-order valence-electron chi connectivity index (χ1n) is 3.93. The summed E-state index contributed by atoms with van der Waals surface area (Å²) in [5.41, 5.74) is 2.69. The number of hydrogen-bond donors (Lipinski definition) is 0. The standard InChI is InChI=1S/C11H15.BrH.Mg/c1-9-7-5-6-8-10(9)11(2,3)4;;/h5-8H,1H2,2-4H3;1H;/q-1;;+2/p-1. The van der Waals surface area contributed by atoms with Crippen molar-refractivity contribution >= 4 is 23.1 Å². The maximum Gasteiger partial charge on any atom is 2.00 e. The first-order chi connectivity index (χ1) is 5.02. The third kappa shape index (κ3) is 4.39. The molecule has 1 aromatic rings. The normalized spacial score (nSPS) is 9.77. The van der Waals surface area contributed by atoms with Crippen molar-refractivity contribution < 1.29 is 17.0 Å². The molecular weight excluding hydrogens is 236 g/mol. The van der Waals surface area contributed by atoms with Gasteiger partial charge in [0.15, 0.2) is 0 Å². The Morgan fingerprint density at radius 1 is 1.08 bits per heavy atom. The SMILES string of the molecule is [Br-].[CH2-]c1ccccc1C(C)(C)C.[Mg+2]. The molecule has 1 rings (SSSR count). The third-order valence-electron chi connectivity index (χ3n) is 1.83. The molecule has 0 bridgehead atoms. The van der Waals surface area contributed by atoms with Crippen molar-refractivity contribution in [3.8, 4) is 0 Å². The van der Waals surface area contributed by atoms with E-state index in [9.17, 15) is 0 Å². The summed E-state index contributed by atoms with van der Waals surface area (Å²) in [5, 5.41) is 0. The number of halogens is 1. The molecule has 0 amide bonds. The van der Waals surface area contributed by atoms with Crippen LogP contribution in [0.5, 0.6) is 0 Å². The molecule has 0 saturated carbocycles. The smallest absolute Gasteiger partial charge is 1.00 e. The van der Waals surface area contributed by atoms with Gasteiger partial charge in [0.25, 0.3) is 0 Å². The molecule has 0 aromatic heterocycles. The molecule has 0 fully saturated rings. The van der Waals surface area contributed by atoms with E-state index in [0.717, 1.165) is 5.56 Å². The minimum Gasteiger partial charge on any atom is -1.00 e. The van der Waals surface area contributed by atoms with Crippen molar-refractivity contribution in [2.45, 2.75) is 26.2 Å². The first kappa shape index (κ1) is 15.8. The van der Waals surface area contributed by atoms with Gasteiger partial charge in [0.05, 0.1) is 0 Å². The largest absolute Gasteiger partial charge is 2.00 e. The van der Waals surface area contributed by atoms with Crippen LogP contribution in [0.15, 0.2) is 24.3 Å². The molecule has 0 heterocycles. The maximum absolute atomic E-state index is 3.99. The van der Waals surface area contributed by atoms with Crippen LogP contribution in [0, 0.1) is 6.92 Å². The Morgan fingerprint density at radius 2 is 1.54 bits per heavy atom.